The van der Waals surface area contributed by atoms with Gasteiger partial charge in [0.25, 0.3) is 0 Å². The average Bonchev–Trinajstić information content (AvgIpc) is 2.92. The highest BCUT2D eigenvalue weighted by Gasteiger charge is 2.20. The molecule has 0 saturated heterocycles. The monoisotopic (exact) mass is 187 g/mol. The molecule has 0 bridgehead atoms. The largest absolute Gasteiger partial charge is 0.389 e. The van der Waals surface area contributed by atoms with E-state index in [-0.39, 0.29) is 6.10 Å². The maximum Gasteiger partial charge on any atom is 0.0897 e. The molecule has 1 unspecified atom stereocenters. The smallest absolute Gasteiger partial charge is 0.0897 e. The van der Waals surface area contributed by atoms with Crippen molar-refractivity contribution in [3.05, 3.63) is 0 Å². The van der Waals surface area contributed by atoms with Gasteiger partial charge < -0.3 is 15.2 Å². The van der Waals surface area contributed by atoms with E-state index in [2.05, 4.69) is 5.32 Å². The van der Waals surface area contributed by atoms with E-state index in [0.717, 1.165) is 12.5 Å². The van der Waals surface area contributed by atoms with Crippen LogP contribution in [0.25, 0.3) is 0 Å². The molecule has 3 nitrogen and oxygen atoms in total. The van der Waals surface area contributed by atoms with Gasteiger partial charge in [0.15, 0.2) is 0 Å². The van der Waals surface area contributed by atoms with E-state index in [1.54, 1.807) is 0 Å². The van der Waals surface area contributed by atoms with Crippen molar-refractivity contribution >= 4 is 0 Å². The highest BCUT2D eigenvalue weighted by atomic mass is 16.5. The molecule has 78 valence electrons. The Balaban J connectivity index is 1.79. The standard InChI is InChI=1S/C10H21NO2/c1-2-13-8-10(12)7-11-6-5-9-3-4-9/h9-12H,2-8H2,1H3. The maximum atomic E-state index is 9.37. The van der Waals surface area contributed by atoms with Crippen molar-refractivity contribution in [2.45, 2.75) is 32.3 Å². The van der Waals surface area contributed by atoms with Crippen molar-refractivity contribution in [3.8, 4) is 0 Å². The van der Waals surface area contributed by atoms with Crippen LogP contribution >= 0.6 is 0 Å². The van der Waals surface area contributed by atoms with Crippen LogP contribution in [0, 0.1) is 5.92 Å². The Morgan fingerprint density at radius 2 is 2.31 bits per heavy atom. The summed E-state index contributed by atoms with van der Waals surface area (Å²) in [6, 6.07) is 0. The molecule has 0 aromatic heterocycles. The first-order valence-electron chi connectivity index (χ1n) is 5.29. The van der Waals surface area contributed by atoms with Crippen molar-refractivity contribution in [1.29, 1.82) is 0 Å². The van der Waals surface area contributed by atoms with E-state index in [0.29, 0.717) is 19.8 Å². The second-order valence-corrected chi connectivity index (χ2v) is 3.75. The molecule has 1 rings (SSSR count). The van der Waals surface area contributed by atoms with Crippen LogP contribution in [0.3, 0.4) is 0 Å². The molecule has 1 atom stereocenters. The third kappa shape index (κ3) is 6.02. The first-order valence-corrected chi connectivity index (χ1v) is 5.29. The molecular formula is C10H21NO2. The van der Waals surface area contributed by atoms with Gasteiger partial charge in [-0.3, -0.25) is 0 Å². The first kappa shape index (κ1) is 11.0. The van der Waals surface area contributed by atoms with Crippen LogP contribution in [-0.2, 0) is 4.74 Å². The molecule has 0 amide bonds. The third-order valence-corrected chi connectivity index (χ3v) is 2.32. The predicted molar refractivity (Wildman–Crippen MR) is 52.7 cm³/mol. The molecule has 13 heavy (non-hydrogen) atoms. The molecule has 1 saturated carbocycles. The molecule has 0 aromatic rings. The minimum absolute atomic E-state index is 0.348. The van der Waals surface area contributed by atoms with Gasteiger partial charge in [-0.05, 0) is 25.8 Å². The number of hydrogen-bond acceptors (Lipinski definition) is 3. The summed E-state index contributed by atoms with van der Waals surface area (Å²) in [4.78, 5) is 0. The summed E-state index contributed by atoms with van der Waals surface area (Å²) in [5.41, 5.74) is 0. The topological polar surface area (TPSA) is 41.5 Å². The molecule has 1 fully saturated rings. The maximum absolute atomic E-state index is 9.37. The Morgan fingerprint density at radius 1 is 1.54 bits per heavy atom. The highest BCUT2D eigenvalue weighted by molar-refractivity contribution is 4.73. The fraction of sp³-hybridized carbons (Fsp3) is 1.00. The van der Waals surface area contributed by atoms with Crippen molar-refractivity contribution in [3.63, 3.8) is 0 Å². The fourth-order valence-corrected chi connectivity index (χ4v) is 1.29. The van der Waals surface area contributed by atoms with Gasteiger partial charge in [-0.25, -0.2) is 0 Å². The fourth-order valence-electron chi connectivity index (χ4n) is 1.29. The lowest BCUT2D eigenvalue weighted by molar-refractivity contribution is 0.0429. The molecule has 0 aliphatic heterocycles. The molecule has 0 radical (unpaired) electrons. The van der Waals surface area contributed by atoms with E-state index >= 15 is 0 Å². The van der Waals surface area contributed by atoms with Gasteiger partial charge in [0.05, 0.1) is 12.7 Å². The number of hydrogen-bond donors (Lipinski definition) is 2. The summed E-state index contributed by atoms with van der Waals surface area (Å²) in [6.45, 7) is 4.76. The summed E-state index contributed by atoms with van der Waals surface area (Å²) < 4.78 is 5.10. The molecule has 1 aliphatic carbocycles. The van der Waals surface area contributed by atoms with Crippen LogP contribution in [0.2, 0.25) is 0 Å². The molecule has 3 heteroatoms. The zero-order valence-electron chi connectivity index (χ0n) is 8.46. The molecular weight excluding hydrogens is 166 g/mol. The summed E-state index contributed by atoms with van der Waals surface area (Å²) in [7, 11) is 0. The van der Waals surface area contributed by atoms with Crippen molar-refractivity contribution in [2.75, 3.05) is 26.3 Å². The first-order chi connectivity index (χ1) is 6.33. The number of rotatable bonds is 8. The highest BCUT2D eigenvalue weighted by Crippen LogP contribution is 2.31. The second kappa shape index (κ2) is 6.35. The van der Waals surface area contributed by atoms with Crippen molar-refractivity contribution in [2.24, 2.45) is 5.92 Å². The van der Waals surface area contributed by atoms with Gasteiger partial charge >= 0.3 is 0 Å². The van der Waals surface area contributed by atoms with Gasteiger partial charge in [-0.15, -0.1) is 0 Å². The Morgan fingerprint density at radius 3 is 2.92 bits per heavy atom. The Kier molecular flexibility index (Phi) is 5.35. The van der Waals surface area contributed by atoms with Gasteiger partial charge in [0.1, 0.15) is 0 Å². The average molecular weight is 187 g/mol. The molecule has 1 aliphatic rings. The van der Waals surface area contributed by atoms with Gasteiger partial charge in [0, 0.05) is 13.2 Å². The van der Waals surface area contributed by atoms with Crippen LogP contribution < -0.4 is 5.32 Å². The number of aliphatic hydroxyl groups excluding tert-OH is 1. The lowest BCUT2D eigenvalue weighted by Gasteiger charge is -2.11. The molecule has 2 N–H and O–H groups in total. The van der Waals surface area contributed by atoms with E-state index in [4.69, 9.17) is 4.74 Å². The van der Waals surface area contributed by atoms with E-state index in [1.807, 2.05) is 6.92 Å². The van der Waals surface area contributed by atoms with Crippen molar-refractivity contribution < 1.29 is 9.84 Å². The third-order valence-electron chi connectivity index (χ3n) is 2.32. The molecule has 0 heterocycles. The lowest BCUT2D eigenvalue weighted by atomic mass is 10.3. The number of nitrogens with one attached hydrogen (secondary N) is 1. The second-order valence-electron chi connectivity index (χ2n) is 3.75. The van der Waals surface area contributed by atoms with Crippen LogP contribution in [0.1, 0.15) is 26.2 Å². The van der Waals surface area contributed by atoms with Crippen LogP contribution in [0.15, 0.2) is 0 Å². The Bertz CT molecular complexity index is 126. The normalized spacial score (nSPS) is 18.9. The predicted octanol–water partition coefficient (Wildman–Crippen LogP) is 0.773. The zero-order valence-corrected chi connectivity index (χ0v) is 8.46. The minimum Gasteiger partial charge on any atom is -0.389 e. The van der Waals surface area contributed by atoms with Crippen LogP contribution in [0.5, 0.6) is 0 Å². The summed E-state index contributed by atoms with van der Waals surface area (Å²) in [6.07, 6.45) is 3.73. The quantitative estimate of drug-likeness (QED) is 0.552. The van der Waals surface area contributed by atoms with Crippen molar-refractivity contribution in [1.82, 2.24) is 5.32 Å². The van der Waals surface area contributed by atoms with Gasteiger partial charge in [0.2, 0.25) is 0 Å². The lowest BCUT2D eigenvalue weighted by Crippen LogP contribution is -2.31. The Hall–Kier alpha value is -0.120. The summed E-state index contributed by atoms with van der Waals surface area (Å²) in [5.74, 6) is 0.969. The zero-order chi connectivity index (χ0) is 9.52. The van der Waals surface area contributed by atoms with Crippen LogP contribution in [-0.4, -0.2) is 37.5 Å². The SMILES string of the molecule is CCOCC(O)CNCCC1CC1. The van der Waals surface area contributed by atoms with Gasteiger partial charge in [-0.1, -0.05) is 12.8 Å². The molecule has 0 aromatic carbocycles. The molecule has 0 spiro atoms. The van der Waals surface area contributed by atoms with E-state index in [1.165, 1.54) is 19.3 Å². The Labute approximate surface area is 80.5 Å². The number of ether oxygens (including phenoxy) is 1. The minimum atomic E-state index is -0.348. The van der Waals surface area contributed by atoms with E-state index < -0.39 is 0 Å². The summed E-state index contributed by atoms with van der Waals surface area (Å²) in [5, 5.41) is 12.6. The summed E-state index contributed by atoms with van der Waals surface area (Å²) >= 11 is 0. The van der Waals surface area contributed by atoms with E-state index in [9.17, 15) is 5.11 Å². The van der Waals surface area contributed by atoms with Gasteiger partial charge in [-0.2, -0.15) is 0 Å². The number of aliphatic hydroxyl groups is 1. The van der Waals surface area contributed by atoms with Crippen LogP contribution in [0.4, 0.5) is 0 Å².